The van der Waals surface area contributed by atoms with Crippen molar-refractivity contribution < 1.29 is 23.8 Å². The van der Waals surface area contributed by atoms with Crippen molar-refractivity contribution in [1.29, 1.82) is 0 Å². The average Bonchev–Trinajstić information content (AvgIpc) is 3.55. The van der Waals surface area contributed by atoms with Crippen molar-refractivity contribution in [3.8, 4) is 17.2 Å². The Balaban J connectivity index is 1.24. The van der Waals surface area contributed by atoms with Gasteiger partial charge in [0.15, 0.2) is 17.2 Å². The third-order valence-corrected chi connectivity index (χ3v) is 7.65. The number of hydrogen-bond acceptors (Lipinski definition) is 6. The van der Waals surface area contributed by atoms with Crippen LogP contribution >= 0.6 is 0 Å². The number of ether oxygens (including phenoxy) is 3. The van der Waals surface area contributed by atoms with Crippen molar-refractivity contribution in [3.63, 3.8) is 0 Å². The predicted molar refractivity (Wildman–Crippen MR) is 139 cm³/mol. The minimum absolute atomic E-state index is 0.0766. The van der Waals surface area contributed by atoms with E-state index in [1.807, 2.05) is 42.5 Å². The molecule has 9 nitrogen and oxygen atoms in total. The first-order chi connectivity index (χ1) is 18.6. The van der Waals surface area contributed by atoms with Crippen molar-refractivity contribution in [3.05, 3.63) is 70.5 Å². The predicted octanol–water partition coefficient (Wildman–Crippen LogP) is 3.56. The lowest BCUT2D eigenvalue weighted by molar-refractivity contribution is -0.124. The smallest absolute Gasteiger partial charge is 0.274 e. The zero-order valence-electron chi connectivity index (χ0n) is 21.5. The lowest BCUT2D eigenvalue weighted by Crippen LogP contribution is -2.57. The second-order valence-electron chi connectivity index (χ2n) is 10.2. The van der Waals surface area contributed by atoms with E-state index in [1.165, 1.54) is 0 Å². The Morgan fingerprint density at radius 3 is 2.92 bits per heavy atom. The molecule has 2 amide bonds. The summed E-state index contributed by atoms with van der Waals surface area (Å²) in [4.78, 5) is 28.3. The minimum atomic E-state index is -0.317. The molecule has 1 fully saturated rings. The average molecular weight is 517 g/mol. The number of likely N-dealkylation sites (tertiary alicyclic amines) is 1. The number of carbonyl (C=O) groups is 2. The largest absolute Gasteiger partial charge is 0.493 e. The number of fused-ring (bicyclic) bond motifs is 6. The summed E-state index contributed by atoms with van der Waals surface area (Å²) in [7, 11) is 1.61. The van der Waals surface area contributed by atoms with Crippen LogP contribution < -0.4 is 14.8 Å². The van der Waals surface area contributed by atoms with Crippen molar-refractivity contribution in [2.45, 2.75) is 57.3 Å². The number of nitrogens with one attached hydrogen (secondary N) is 2. The van der Waals surface area contributed by atoms with Crippen molar-refractivity contribution in [2.75, 3.05) is 20.2 Å². The van der Waals surface area contributed by atoms with Crippen LogP contribution in [0.2, 0.25) is 0 Å². The van der Waals surface area contributed by atoms with Gasteiger partial charge in [-0.2, -0.15) is 5.10 Å². The highest BCUT2D eigenvalue weighted by Gasteiger charge is 2.35. The van der Waals surface area contributed by atoms with Crippen LogP contribution in [0, 0.1) is 0 Å². The van der Waals surface area contributed by atoms with Gasteiger partial charge >= 0.3 is 0 Å². The van der Waals surface area contributed by atoms with E-state index < -0.39 is 0 Å². The van der Waals surface area contributed by atoms with Gasteiger partial charge in [-0.1, -0.05) is 18.2 Å². The van der Waals surface area contributed by atoms with Crippen molar-refractivity contribution in [1.82, 2.24) is 20.4 Å². The fourth-order valence-corrected chi connectivity index (χ4v) is 5.62. The molecule has 2 aromatic carbocycles. The summed E-state index contributed by atoms with van der Waals surface area (Å²) in [5.41, 5.74) is 4.57. The number of aromatic nitrogens is 2. The summed E-state index contributed by atoms with van der Waals surface area (Å²) >= 11 is 0. The number of amides is 2. The van der Waals surface area contributed by atoms with Crippen LogP contribution in [0.15, 0.2) is 42.5 Å². The molecule has 0 unspecified atom stereocenters. The number of hydrogen-bond donors (Lipinski definition) is 2. The van der Waals surface area contributed by atoms with Gasteiger partial charge in [0, 0.05) is 30.8 Å². The molecule has 4 bridgehead atoms. The molecule has 0 saturated carbocycles. The third-order valence-electron chi connectivity index (χ3n) is 7.65. The van der Waals surface area contributed by atoms with Gasteiger partial charge in [-0.05, 0) is 67.5 Å². The van der Waals surface area contributed by atoms with E-state index in [1.54, 1.807) is 12.0 Å². The summed E-state index contributed by atoms with van der Waals surface area (Å²) < 4.78 is 18.0. The monoisotopic (exact) mass is 516 g/mol. The second kappa shape index (κ2) is 10.5. The summed E-state index contributed by atoms with van der Waals surface area (Å²) in [6.07, 6.45) is 4.12. The van der Waals surface area contributed by atoms with Crippen molar-refractivity contribution >= 4 is 11.8 Å². The fraction of sp³-hybridized carbons (Fsp3) is 0.414. The first kappa shape index (κ1) is 24.5. The number of piperidine rings is 1. The van der Waals surface area contributed by atoms with Crippen LogP contribution in [0.25, 0.3) is 0 Å². The Morgan fingerprint density at radius 2 is 2.03 bits per heavy atom. The first-order valence-electron chi connectivity index (χ1n) is 13.3. The molecule has 2 aliphatic heterocycles. The Hall–Kier alpha value is -3.85. The molecule has 3 heterocycles. The van der Waals surface area contributed by atoms with E-state index in [9.17, 15) is 9.59 Å². The van der Waals surface area contributed by atoms with Crippen LogP contribution in [0.4, 0.5) is 0 Å². The number of benzene rings is 2. The summed E-state index contributed by atoms with van der Waals surface area (Å²) in [5.74, 6) is 1.76. The molecule has 9 heteroatoms. The molecule has 198 valence electrons. The minimum Gasteiger partial charge on any atom is -0.493 e. The third kappa shape index (κ3) is 4.98. The Bertz CT molecular complexity index is 1350. The van der Waals surface area contributed by atoms with Gasteiger partial charge in [0.1, 0.15) is 5.75 Å². The Labute approximate surface area is 221 Å². The maximum atomic E-state index is 13.4. The van der Waals surface area contributed by atoms with Gasteiger partial charge in [-0.3, -0.25) is 14.7 Å². The SMILES string of the molecule is COc1ccc2cc1Oc1cccc(c1)CO[C@@H]1CCN(C(=O)c3n[nH]c4c3CCC4)C[C@@H]1NC(=O)CC2. The van der Waals surface area contributed by atoms with E-state index in [0.29, 0.717) is 61.9 Å². The molecule has 1 saturated heterocycles. The van der Waals surface area contributed by atoms with Gasteiger partial charge in [-0.15, -0.1) is 0 Å². The molecule has 2 atom stereocenters. The summed E-state index contributed by atoms with van der Waals surface area (Å²) in [6, 6.07) is 13.2. The molecule has 3 aliphatic rings. The normalized spacial score (nSPS) is 21.3. The van der Waals surface area contributed by atoms with Crippen LogP contribution in [0.3, 0.4) is 0 Å². The number of aromatic amines is 1. The van der Waals surface area contributed by atoms with Gasteiger partial charge in [-0.25, -0.2) is 0 Å². The van der Waals surface area contributed by atoms with Crippen LogP contribution in [0.1, 0.15) is 52.1 Å². The number of methoxy groups -OCH3 is 1. The number of carbonyl (C=O) groups excluding carboxylic acids is 2. The molecular weight excluding hydrogens is 484 g/mol. The van der Waals surface area contributed by atoms with E-state index in [-0.39, 0.29) is 24.0 Å². The van der Waals surface area contributed by atoms with E-state index in [0.717, 1.165) is 41.6 Å². The number of aryl methyl sites for hydroxylation is 2. The topological polar surface area (TPSA) is 106 Å². The highest BCUT2D eigenvalue weighted by molar-refractivity contribution is 5.94. The van der Waals surface area contributed by atoms with Gasteiger partial charge in [0.25, 0.3) is 5.91 Å². The van der Waals surface area contributed by atoms with Crippen molar-refractivity contribution in [2.24, 2.45) is 0 Å². The van der Waals surface area contributed by atoms with Gasteiger partial charge < -0.3 is 24.4 Å². The standard InChI is InChI=1S/C29H32N4O5/c1-36-25-10-8-18-9-11-27(34)30-23-16-33(29(35)28-21-6-3-7-22(21)31-32-28)13-12-24(23)37-17-19-4-2-5-20(14-19)38-26(25)15-18/h2,4-5,8,10,14-15,23-24H,3,6-7,9,11-13,16-17H2,1H3,(H,30,34)(H,31,32)/t23-,24+/m0/s1. The van der Waals surface area contributed by atoms with Gasteiger partial charge in [0.05, 0.1) is 25.9 Å². The molecule has 0 radical (unpaired) electrons. The number of rotatable bonds is 2. The van der Waals surface area contributed by atoms with Crippen LogP contribution in [-0.2, 0) is 35.4 Å². The lowest BCUT2D eigenvalue weighted by Gasteiger charge is -2.38. The highest BCUT2D eigenvalue weighted by atomic mass is 16.5. The molecule has 1 aromatic heterocycles. The highest BCUT2D eigenvalue weighted by Crippen LogP contribution is 2.33. The van der Waals surface area contributed by atoms with Crippen LogP contribution in [0.5, 0.6) is 17.2 Å². The zero-order chi connectivity index (χ0) is 26.1. The maximum absolute atomic E-state index is 13.4. The molecule has 0 spiro atoms. The molecule has 1 aliphatic carbocycles. The molecule has 38 heavy (non-hydrogen) atoms. The van der Waals surface area contributed by atoms with Gasteiger partial charge in [0.2, 0.25) is 5.91 Å². The lowest BCUT2D eigenvalue weighted by atomic mass is 10.00. The second-order valence-corrected chi connectivity index (χ2v) is 10.2. The Kier molecular flexibility index (Phi) is 6.76. The number of H-pyrrole nitrogens is 1. The molecule has 6 rings (SSSR count). The first-order valence-corrected chi connectivity index (χ1v) is 13.3. The van der Waals surface area contributed by atoms with E-state index in [4.69, 9.17) is 14.2 Å². The zero-order valence-corrected chi connectivity index (χ0v) is 21.5. The fourth-order valence-electron chi connectivity index (χ4n) is 5.62. The number of nitrogens with zero attached hydrogens (tertiary/aromatic N) is 2. The van der Waals surface area contributed by atoms with E-state index in [2.05, 4.69) is 15.5 Å². The summed E-state index contributed by atoms with van der Waals surface area (Å²) in [6.45, 7) is 1.30. The molecule has 3 aromatic rings. The molecular formula is C29H32N4O5. The molecule has 2 N–H and O–H groups in total. The van der Waals surface area contributed by atoms with Crippen LogP contribution in [-0.4, -0.2) is 59.3 Å². The summed E-state index contributed by atoms with van der Waals surface area (Å²) in [5, 5.41) is 10.5. The Morgan fingerprint density at radius 1 is 1.11 bits per heavy atom. The maximum Gasteiger partial charge on any atom is 0.274 e. The quantitative estimate of drug-likeness (QED) is 0.540. The van der Waals surface area contributed by atoms with E-state index >= 15 is 0 Å².